The van der Waals surface area contributed by atoms with Crippen molar-refractivity contribution in [3.8, 4) is 0 Å². The van der Waals surface area contributed by atoms with Crippen LogP contribution < -0.4 is 11.1 Å². The molecule has 1 unspecified atom stereocenters. The number of carbonyl (C=O) groups excluding carboxylic acids is 1. The Morgan fingerprint density at radius 2 is 1.94 bits per heavy atom. The Balaban J connectivity index is 2.49. The molecule has 0 aliphatic rings. The first-order valence-corrected chi connectivity index (χ1v) is 4.82. The fraction of sp³-hybridized carbons (Fsp3) is 0.273. The summed E-state index contributed by atoms with van der Waals surface area (Å²) in [6.45, 7) is 2.24. The van der Waals surface area contributed by atoms with Gasteiger partial charge in [-0.1, -0.05) is 29.8 Å². The highest BCUT2D eigenvalue weighted by Crippen LogP contribution is 2.02. The highest BCUT2D eigenvalue weighted by Gasteiger charge is 2.20. The minimum Gasteiger partial charge on any atom is -0.480 e. The molecule has 1 aromatic carbocycles. The van der Waals surface area contributed by atoms with E-state index < -0.39 is 17.9 Å². The summed E-state index contributed by atoms with van der Waals surface area (Å²) in [7, 11) is 0. The van der Waals surface area contributed by atoms with Crippen LogP contribution in [0, 0.1) is 6.92 Å². The van der Waals surface area contributed by atoms with Gasteiger partial charge in [0.2, 0.25) is 5.91 Å². The summed E-state index contributed by atoms with van der Waals surface area (Å²) < 4.78 is 0. The van der Waals surface area contributed by atoms with Crippen molar-refractivity contribution in [3.63, 3.8) is 0 Å². The molecule has 16 heavy (non-hydrogen) atoms. The van der Waals surface area contributed by atoms with Gasteiger partial charge in [0.25, 0.3) is 0 Å². The van der Waals surface area contributed by atoms with E-state index in [2.05, 4.69) is 5.32 Å². The van der Waals surface area contributed by atoms with Crippen molar-refractivity contribution in [1.29, 1.82) is 0 Å². The number of carboxylic acid groups (broad SMARTS) is 1. The number of nitrogens with two attached hydrogens (primary N) is 1. The van der Waals surface area contributed by atoms with Gasteiger partial charge in [-0.3, -0.25) is 4.79 Å². The van der Waals surface area contributed by atoms with E-state index >= 15 is 0 Å². The van der Waals surface area contributed by atoms with Crippen molar-refractivity contribution in [2.75, 3.05) is 0 Å². The average molecular weight is 222 g/mol. The molecule has 5 heteroatoms. The molecule has 0 saturated carbocycles. The number of carboxylic acids is 1. The van der Waals surface area contributed by atoms with E-state index in [4.69, 9.17) is 10.8 Å². The Hall–Kier alpha value is -1.88. The van der Waals surface area contributed by atoms with Gasteiger partial charge in [-0.15, -0.1) is 0 Å². The highest BCUT2D eigenvalue weighted by atomic mass is 16.4. The molecule has 0 heterocycles. The first-order valence-electron chi connectivity index (χ1n) is 4.82. The van der Waals surface area contributed by atoms with E-state index in [0.717, 1.165) is 11.1 Å². The molecule has 4 N–H and O–H groups in total. The quantitative estimate of drug-likeness (QED) is 0.626. The number of carbonyl (C=O) groups is 2. The first kappa shape index (κ1) is 12.2. The molecule has 0 aromatic heterocycles. The molecule has 0 radical (unpaired) electrons. The molecule has 0 aliphatic heterocycles. The molecule has 1 atom stereocenters. The Kier molecular flexibility index (Phi) is 4.02. The molecular weight excluding hydrogens is 208 g/mol. The number of benzene rings is 1. The van der Waals surface area contributed by atoms with E-state index in [1.54, 1.807) is 0 Å². The average Bonchev–Trinajstić information content (AvgIpc) is 2.26. The Morgan fingerprint density at radius 3 is 2.44 bits per heavy atom. The van der Waals surface area contributed by atoms with Crippen LogP contribution in [0.1, 0.15) is 11.1 Å². The number of aliphatic carboxylic acids is 1. The highest BCUT2D eigenvalue weighted by molar-refractivity contribution is 6.00. The van der Waals surface area contributed by atoms with Crippen LogP contribution >= 0.6 is 0 Å². The maximum atomic E-state index is 11.2. The second kappa shape index (κ2) is 5.27. The van der Waals surface area contributed by atoms with Crippen molar-refractivity contribution < 1.29 is 14.7 Å². The van der Waals surface area contributed by atoms with Gasteiger partial charge in [0.05, 0.1) is 0 Å². The lowest BCUT2D eigenvalue weighted by Crippen LogP contribution is -2.45. The van der Waals surface area contributed by atoms with Crippen molar-refractivity contribution >= 4 is 11.9 Å². The van der Waals surface area contributed by atoms with Gasteiger partial charge in [-0.05, 0) is 12.5 Å². The fourth-order valence-electron chi connectivity index (χ4n) is 1.12. The van der Waals surface area contributed by atoms with Crippen LogP contribution in [0.2, 0.25) is 0 Å². The van der Waals surface area contributed by atoms with Crippen LogP contribution in [-0.4, -0.2) is 23.0 Å². The molecule has 1 amide bonds. The summed E-state index contributed by atoms with van der Waals surface area (Å²) in [6, 6.07) is 6.05. The minimum atomic E-state index is -1.51. The number of rotatable bonds is 4. The summed E-state index contributed by atoms with van der Waals surface area (Å²) in [5.41, 5.74) is 7.16. The Labute approximate surface area is 93.3 Å². The zero-order chi connectivity index (χ0) is 12.1. The van der Waals surface area contributed by atoms with Crippen LogP contribution in [0.15, 0.2) is 24.3 Å². The van der Waals surface area contributed by atoms with Crippen molar-refractivity contribution in [3.05, 3.63) is 35.4 Å². The van der Waals surface area contributed by atoms with Crippen molar-refractivity contribution in [2.24, 2.45) is 5.73 Å². The molecule has 0 aliphatic carbocycles. The molecule has 0 fully saturated rings. The maximum absolute atomic E-state index is 11.2. The van der Waals surface area contributed by atoms with Gasteiger partial charge in [-0.2, -0.15) is 0 Å². The number of aryl methyl sites for hydroxylation is 1. The van der Waals surface area contributed by atoms with Gasteiger partial charge in [-0.25, -0.2) is 4.79 Å². The minimum absolute atomic E-state index is 0.278. The molecule has 1 aromatic rings. The van der Waals surface area contributed by atoms with Crippen LogP contribution in [0.4, 0.5) is 0 Å². The van der Waals surface area contributed by atoms with Crippen LogP contribution in [0.25, 0.3) is 0 Å². The molecule has 86 valence electrons. The van der Waals surface area contributed by atoms with E-state index in [1.807, 2.05) is 31.2 Å². The Morgan fingerprint density at radius 1 is 1.38 bits per heavy atom. The summed E-state index contributed by atoms with van der Waals surface area (Å²) in [6.07, 6.45) is 0. The van der Waals surface area contributed by atoms with E-state index in [9.17, 15) is 9.59 Å². The lowest BCUT2D eigenvalue weighted by atomic mass is 10.1. The Bertz CT molecular complexity index is 387. The lowest BCUT2D eigenvalue weighted by molar-refractivity contribution is -0.142. The summed E-state index contributed by atoms with van der Waals surface area (Å²) in [5, 5.41) is 11.0. The number of hydrogen-bond donors (Lipinski definition) is 3. The van der Waals surface area contributed by atoms with Gasteiger partial charge >= 0.3 is 5.97 Å². The van der Waals surface area contributed by atoms with Crippen LogP contribution in [-0.2, 0) is 16.1 Å². The predicted octanol–water partition coefficient (Wildman–Crippen LogP) is 0.0231. The van der Waals surface area contributed by atoms with Crippen LogP contribution in [0.3, 0.4) is 0 Å². The van der Waals surface area contributed by atoms with Gasteiger partial charge < -0.3 is 16.2 Å². The predicted molar refractivity (Wildman–Crippen MR) is 58.6 cm³/mol. The smallest absolute Gasteiger partial charge is 0.330 e. The summed E-state index contributed by atoms with van der Waals surface area (Å²) >= 11 is 0. The zero-order valence-electron chi connectivity index (χ0n) is 8.93. The normalized spacial score (nSPS) is 11.9. The summed E-state index contributed by atoms with van der Waals surface area (Å²) in [4.78, 5) is 21.6. The van der Waals surface area contributed by atoms with Crippen LogP contribution in [0.5, 0.6) is 0 Å². The molecule has 0 spiro atoms. The standard InChI is InChI=1S/C11H14N2O3/c1-7-2-4-8(5-3-7)6-13-10(14)9(12)11(15)16/h2-5,9H,6,12H2,1H3,(H,13,14)(H,15,16). The largest absolute Gasteiger partial charge is 0.480 e. The van der Waals surface area contributed by atoms with Crippen molar-refractivity contribution in [1.82, 2.24) is 5.32 Å². The van der Waals surface area contributed by atoms with E-state index in [1.165, 1.54) is 0 Å². The molecule has 5 nitrogen and oxygen atoms in total. The third-order valence-electron chi connectivity index (χ3n) is 2.14. The van der Waals surface area contributed by atoms with Crippen molar-refractivity contribution in [2.45, 2.75) is 19.5 Å². The van der Waals surface area contributed by atoms with Gasteiger partial charge in [0.15, 0.2) is 6.04 Å². The molecule has 0 saturated heterocycles. The number of hydrogen-bond acceptors (Lipinski definition) is 3. The fourth-order valence-corrected chi connectivity index (χ4v) is 1.12. The molecule has 0 bridgehead atoms. The third-order valence-corrected chi connectivity index (χ3v) is 2.14. The van der Waals surface area contributed by atoms with Gasteiger partial charge in [0, 0.05) is 6.54 Å². The third kappa shape index (κ3) is 3.36. The number of nitrogens with one attached hydrogen (secondary N) is 1. The SMILES string of the molecule is Cc1ccc(CNC(=O)C(N)C(=O)O)cc1. The molecule has 1 rings (SSSR count). The topological polar surface area (TPSA) is 92.4 Å². The monoisotopic (exact) mass is 222 g/mol. The molecular formula is C11H14N2O3. The maximum Gasteiger partial charge on any atom is 0.330 e. The van der Waals surface area contributed by atoms with E-state index in [-0.39, 0.29) is 6.54 Å². The number of amides is 1. The van der Waals surface area contributed by atoms with Gasteiger partial charge in [0.1, 0.15) is 0 Å². The summed E-state index contributed by atoms with van der Waals surface area (Å²) in [5.74, 6) is -2.02. The van der Waals surface area contributed by atoms with E-state index in [0.29, 0.717) is 0 Å². The lowest BCUT2D eigenvalue weighted by Gasteiger charge is -2.08. The zero-order valence-corrected chi connectivity index (χ0v) is 8.93. The second-order valence-corrected chi connectivity index (χ2v) is 3.52. The first-order chi connectivity index (χ1) is 7.50. The second-order valence-electron chi connectivity index (χ2n) is 3.52.